The van der Waals surface area contributed by atoms with Crippen LogP contribution in [0.2, 0.25) is 0 Å². The molecule has 5 heteroatoms. The molecule has 5 nitrogen and oxygen atoms in total. The molecule has 0 fully saturated rings. The Morgan fingerprint density at radius 1 is 1.33 bits per heavy atom. The summed E-state index contributed by atoms with van der Waals surface area (Å²) in [7, 11) is 0. The van der Waals surface area contributed by atoms with Crippen LogP contribution in [0.4, 0.5) is 0 Å². The number of carboxylic acid groups (broad SMARTS) is 1. The number of aliphatic carboxylic acids is 1. The van der Waals surface area contributed by atoms with Crippen LogP contribution in [0.3, 0.4) is 0 Å². The molecule has 114 valence electrons. The van der Waals surface area contributed by atoms with Crippen molar-refractivity contribution in [2.45, 2.75) is 33.2 Å². The van der Waals surface area contributed by atoms with Gasteiger partial charge in [-0.3, -0.25) is 4.79 Å². The number of carbonyl (C=O) groups is 2. The Morgan fingerprint density at radius 2 is 1.90 bits per heavy atom. The second kappa shape index (κ2) is 7.47. The Kier molecular flexibility index (Phi) is 5.96. The van der Waals surface area contributed by atoms with Crippen molar-refractivity contribution in [3.8, 4) is 5.75 Å². The molecule has 0 bridgehead atoms. The molecule has 1 aromatic rings. The van der Waals surface area contributed by atoms with Crippen LogP contribution in [0.5, 0.6) is 5.75 Å². The fourth-order valence-electron chi connectivity index (χ4n) is 2.16. The van der Waals surface area contributed by atoms with Crippen molar-refractivity contribution in [2.75, 3.05) is 6.61 Å². The van der Waals surface area contributed by atoms with Crippen LogP contribution in [0.1, 0.15) is 23.1 Å². The first-order chi connectivity index (χ1) is 9.85. The van der Waals surface area contributed by atoms with Crippen LogP contribution in [0, 0.1) is 20.8 Å². The van der Waals surface area contributed by atoms with Crippen molar-refractivity contribution < 1.29 is 19.4 Å². The van der Waals surface area contributed by atoms with Gasteiger partial charge in [0.25, 0.3) is 5.91 Å². The second-order valence-electron chi connectivity index (χ2n) is 5.00. The Bertz CT molecular complexity index is 528. The molecule has 0 aliphatic carbocycles. The maximum absolute atomic E-state index is 11.8. The van der Waals surface area contributed by atoms with Gasteiger partial charge < -0.3 is 15.2 Å². The van der Waals surface area contributed by atoms with Gasteiger partial charge in [-0.2, -0.15) is 0 Å². The molecule has 0 aromatic heterocycles. The predicted molar refractivity (Wildman–Crippen MR) is 80.5 cm³/mol. The quantitative estimate of drug-likeness (QED) is 0.755. The molecule has 21 heavy (non-hydrogen) atoms. The van der Waals surface area contributed by atoms with Gasteiger partial charge in [0.15, 0.2) is 6.61 Å². The zero-order chi connectivity index (χ0) is 16.0. The molecular weight excluding hydrogens is 270 g/mol. The summed E-state index contributed by atoms with van der Waals surface area (Å²) < 4.78 is 5.51. The number of aryl methyl sites for hydroxylation is 3. The Balaban J connectivity index is 2.65. The van der Waals surface area contributed by atoms with Crippen LogP contribution in [-0.4, -0.2) is 29.6 Å². The molecule has 0 heterocycles. The number of nitrogens with one attached hydrogen (secondary N) is 1. The normalized spacial score (nSPS) is 11.6. The molecule has 2 N–H and O–H groups in total. The lowest BCUT2D eigenvalue weighted by Crippen LogP contribution is -2.42. The average molecular weight is 291 g/mol. The zero-order valence-electron chi connectivity index (χ0n) is 12.6. The highest BCUT2D eigenvalue weighted by molar-refractivity contribution is 5.84. The Labute approximate surface area is 124 Å². The lowest BCUT2D eigenvalue weighted by Gasteiger charge is -2.15. The van der Waals surface area contributed by atoms with E-state index in [0.717, 1.165) is 16.7 Å². The fraction of sp³-hybridized carbons (Fsp3) is 0.375. The SMILES string of the molecule is C=CCC(NC(=O)COc1c(C)cc(C)cc1C)C(=O)O. The number of hydrogen-bond acceptors (Lipinski definition) is 3. The maximum Gasteiger partial charge on any atom is 0.326 e. The molecular formula is C16H21NO4. The lowest BCUT2D eigenvalue weighted by atomic mass is 10.1. The zero-order valence-corrected chi connectivity index (χ0v) is 12.6. The van der Waals surface area contributed by atoms with Crippen LogP contribution in [0.25, 0.3) is 0 Å². The summed E-state index contributed by atoms with van der Waals surface area (Å²) in [6, 6.07) is 2.97. The minimum absolute atomic E-state index is 0.170. The highest BCUT2D eigenvalue weighted by Crippen LogP contribution is 2.24. The largest absolute Gasteiger partial charge is 0.483 e. The van der Waals surface area contributed by atoms with Crippen molar-refractivity contribution >= 4 is 11.9 Å². The van der Waals surface area contributed by atoms with E-state index in [2.05, 4.69) is 11.9 Å². The van der Waals surface area contributed by atoms with Crippen LogP contribution in [0.15, 0.2) is 24.8 Å². The molecule has 0 spiro atoms. The third-order valence-electron chi connectivity index (χ3n) is 2.99. The van der Waals surface area contributed by atoms with Crippen molar-refractivity contribution in [3.05, 3.63) is 41.5 Å². The molecule has 0 aliphatic rings. The standard InChI is InChI=1S/C16H21NO4/c1-5-6-13(16(19)20)17-14(18)9-21-15-11(3)7-10(2)8-12(15)4/h5,7-8,13H,1,6,9H2,2-4H3,(H,17,18)(H,19,20). The fourth-order valence-corrected chi connectivity index (χ4v) is 2.16. The third kappa shape index (κ3) is 4.95. The van der Waals surface area contributed by atoms with Crippen molar-refractivity contribution in [3.63, 3.8) is 0 Å². The molecule has 0 saturated heterocycles. The van der Waals surface area contributed by atoms with E-state index >= 15 is 0 Å². The van der Waals surface area contributed by atoms with E-state index in [4.69, 9.17) is 9.84 Å². The molecule has 1 atom stereocenters. The second-order valence-corrected chi connectivity index (χ2v) is 5.00. The van der Waals surface area contributed by atoms with Gasteiger partial charge in [0.1, 0.15) is 11.8 Å². The number of hydrogen-bond donors (Lipinski definition) is 2. The minimum Gasteiger partial charge on any atom is -0.483 e. The summed E-state index contributed by atoms with van der Waals surface area (Å²) in [4.78, 5) is 22.7. The van der Waals surface area contributed by atoms with Crippen LogP contribution < -0.4 is 10.1 Å². The van der Waals surface area contributed by atoms with Gasteiger partial charge in [-0.1, -0.05) is 23.8 Å². The van der Waals surface area contributed by atoms with Gasteiger partial charge in [-0.25, -0.2) is 4.79 Å². The Hall–Kier alpha value is -2.30. The summed E-state index contributed by atoms with van der Waals surface area (Å²) in [6.45, 7) is 9.06. The lowest BCUT2D eigenvalue weighted by molar-refractivity contribution is -0.142. The van der Waals surface area contributed by atoms with Gasteiger partial charge in [0.2, 0.25) is 0 Å². The summed E-state index contributed by atoms with van der Waals surface area (Å²) in [6.07, 6.45) is 1.62. The van der Waals surface area contributed by atoms with Crippen molar-refractivity contribution in [1.82, 2.24) is 5.32 Å². The van der Waals surface area contributed by atoms with Gasteiger partial charge in [-0.05, 0) is 38.3 Å². The molecule has 1 amide bonds. The first kappa shape index (κ1) is 16.8. The van der Waals surface area contributed by atoms with Crippen molar-refractivity contribution in [1.29, 1.82) is 0 Å². The maximum atomic E-state index is 11.8. The highest BCUT2D eigenvalue weighted by Gasteiger charge is 2.18. The summed E-state index contributed by atoms with van der Waals surface area (Å²) in [5.41, 5.74) is 3.01. The van der Waals surface area contributed by atoms with E-state index in [1.54, 1.807) is 0 Å². The molecule has 1 rings (SSSR count). The number of carboxylic acids is 1. The third-order valence-corrected chi connectivity index (χ3v) is 2.99. The summed E-state index contributed by atoms with van der Waals surface area (Å²) in [5, 5.41) is 11.4. The number of amides is 1. The molecule has 1 aromatic carbocycles. The predicted octanol–water partition coefficient (Wildman–Crippen LogP) is 2.14. The molecule has 1 unspecified atom stereocenters. The van der Waals surface area contributed by atoms with E-state index < -0.39 is 17.9 Å². The summed E-state index contributed by atoms with van der Waals surface area (Å²) in [5.74, 6) is -0.902. The van der Waals surface area contributed by atoms with Gasteiger partial charge in [0, 0.05) is 0 Å². The van der Waals surface area contributed by atoms with Crippen LogP contribution >= 0.6 is 0 Å². The highest BCUT2D eigenvalue weighted by atomic mass is 16.5. The summed E-state index contributed by atoms with van der Waals surface area (Å²) >= 11 is 0. The number of benzene rings is 1. The molecule has 0 aliphatic heterocycles. The van der Waals surface area contributed by atoms with E-state index in [-0.39, 0.29) is 13.0 Å². The van der Waals surface area contributed by atoms with Gasteiger partial charge in [-0.15, -0.1) is 6.58 Å². The minimum atomic E-state index is -1.09. The monoisotopic (exact) mass is 291 g/mol. The Morgan fingerprint density at radius 3 is 2.38 bits per heavy atom. The number of ether oxygens (including phenoxy) is 1. The van der Waals surface area contributed by atoms with Crippen molar-refractivity contribution in [2.24, 2.45) is 0 Å². The topological polar surface area (TPSA) is 75.6 Å². The van der Waals surface area contributed by atoms with E-state index in [1.807, 2.05) is 32.9 Å². The smallest absolute Gasteiger partial charge is 0.326 e. The average Bonchev–Trinajstić information content (AvgIpc) is 2.36. The van der Waals surface area contributed by atoms with E-state index in [9.17, 15) is 9.59 Å². The van der Waals surface area contributed by atoms with E-state index in [1.165, 1.54) is 6.08 Å². The van der Waals surface area contributed by atoms with Gasteiger partial charge >= 0.3 is 5.97 Å². The molecule has 0 saturated carbocycles. The number of rotatable bonds is 7. The molecule has 0 radical (unpaired) electrons. The first-order valence-corrected chi connectivity index (χ1v) is 6.69. The number of carbonyl (C=O) groups excluding carboxylic acids is 1. The first-order valence-electron chi connectivity index (χ1n) is 6.69. The van der Waals surface area contributed by atoms with E-state index in [0.29, 0.717) is 5.75 Å². The van der Waals surface area contributed by atoms with Crippen LogP contribution in [-0.2, 0) is 9.59 Å². The van der Waals surface area contributed by atoms with Gasteiger partial charge in [0.05, 0.1) is 0 Å².